The summed E-state index contributed by atoms with van der Waals surface area (Å²) in [4.78, 5) is 14.7. The summed E-state index contributed by atoms with van der Waals surface area (Å²) in [6, 6.07) is 4.68. The first kappa shape index (κ1) is 15.7. The summed E-state index contributed by atoms with van der Waals surface area (Å²) in [6.07, 6.45) is 3.55. The summed E-state index contributed by atoms with van der Waals surface area (Å²) in [5.41, 5.74) is 1.64. The molecule has 0 bridgehead atoms. The molecule has 0 heterocycles. The number of nitrogens with zero attached hydrogens (tertiary/aromatic N) is 3. The van der Waals surface area contributed by atoms with Gasteiger partial charge in [-0.05, 0) is 39.4 Å². The summed E-state index contributed by atoms with van der Waals surface area (Å²) >= 11 is 0. The largest absolute Gasteiger partial charge is 0.392 e. The van der Waals surface area contributed by atoms with Crippen molar-refractivity contribution in [1.82, 2.24) is 4.90 Å². The van der Waals surface area contributed by atoms with Gasteiger partial charge in [-0.15, -0.1) is 0 Å². The fraction of sp³-hybridized carbons (Fsp3) is 0.600. The molecular formula is C15H23N3O3. The number of rotatable bonds is 6. The maximum atomic E-state index is 10.8. The molecule has 1 fully saturated rings. The van der Waals surface area contributed by atoms with Crippen LogP contribution in [0.4, 0.5) is 11.4 Å². The van der Waals surface area contributed by atoms with Gasteiger partial charge in [-0.2, -0.15) is 0 Å². The summed E-state index contributed by atoms with van der Waals surface area (Å²) in [5.74, 6) is 0. The fourth-order valence-electron chi connectivity index (χ4n) is 3.04. The maximum Gasteiger partial charge on any atom is 0.269 e. The molecule has 0 amide bonds. The minimum atomic E-state index is -0.434. The highest BCUT2D eigenvalue weighted by Crippen LogP contribution is 2.38. The zero-order chi connectivity index (χ0) is 15.6. The Balaban J connectivity index is 2.22. The zero-order valence-corrected chi connectivity index (χ0v) is 12.9. The summed E-state index contributed by atoms with van der Waals surface area (Å²) in [7, 11) is 6.16. The van der Waals surface area contributed by atoms with Crippen molar-refractivity contribution in [1.29, 1.82) is 0 Å². The Hall–Kier alpha value is -1.66. The Morgan fingerprint density at radius 1 is 1.33 bits per heavy atom. The third kappa shape index (κ3) is 3.01. The first-order valence-corrected chi connectivity index (χ1v) is 7.16. The van der Waals surface area contributed by atoms with Crippen LogP contribution in [0.1, 0.15) is 24.8 Å². The predicted molar refractivity (Wildman–Crippen MR) is 82.6 cm³/mol. The average Bonchev–Trinajstić information content (AvgIpc) is 2.41. The molecule has 0 atom stereocenters. The standard InChI is InChI=1S/C15H23N3O3/c1-16(2)15(7-4-8-15)11-17(3)14-6-5-13(18(20)21)9-12(14)10-19/h5-6,9,19H,4,7-8,10-11H2,1-3H3. The summed E-state index contributed by atoms with van der Waals surface area (Å²) < 4.78 is 0. The second kappa shape index (κ2) is 5.99. The topological polar surface area (TPSA) is 69.9 Å². The molecule has 1 N–H and O–H groups in total. The van der Waals surface area contributed by atoms with Crippen molar-refractivity contribution in [3.63, 3.8) is 0 Å². The van der Waals surface area contributed by atoms with E-state index < -0.39 is 4.92 Å². The number of aliphatic hydroxyl groups excluding tert-OH is 1. The van der Waals surface area contributed by atoms with Gasteiger partial charge in [0.15, 0.2) is 0 Å². The van der Waals surface area contributed by atoms with Gasteiger partial charge < -0.3 is 14.9 Å². The van der Waals surface area contributed by atoms with Crippen LogP contribution in [-0.4, -0.2) is 48.2 Å². The number of likely N-dealkylation sites (N-methyl/N-ethyl adjacent to an activating group) is 2. The van der Waals surface area contributed by atoms with E-state index in [9.17, 15) is 15.2 Å². The second-order valence-electron chi connectivity index (χ2n) is 6.06. The maximum absolute atomic E-state index is 10.8. The molecule has 0 radical (unpaired) electrons. The Bertz CT molecular complexity index is 527. The van der Waals surface area contributed by atoms with Gasteiger partial charge >= 0.3 is 0 Å². The number of benzene rings is 1. The van der Waals surface area contributed by atoms with Crippen molar-refractivity contribution in [3.8, 4) is 0 Å². The van der Waals surface area contributed by atoms with Crippen LogP contribution in [0.2, 0.25) is 0 Å². The molecule has 0 saturated heterocycles. The second-order valence-corrected chi connectivity index (χ2v) is 6.06. The van der Waals surface area contributed by atoms with Crippen molar-refractivity contribution < 1.29 is 10.0 Å². The summed E-state index contributed by atoms with van der Waals surface area (Å²) in [6.45, 7) is 0.654. The normalized spacial score (nSPS) is 16.6. The van der Waals surface area contributed by atoms with Crippen LogP contribution in [0.5, 0.6) is 0 Å². The average molecular weight is 293 g/mol. The highest BCUT2D eigenvalue weighted by molar-refractivity contribution is 5.57. The molecule has 1 aliphatic carbocycles. The van der Waals surface area contributed by atoms with Gasteiger partial charge in [0.2, 0.25) is 0 Å². The van der Waals surface area contributed by atoms with Crippen LogP contribution in [0.25, 0.3) is 0 Å². The molecule has 1 aliphatic rings. The predicted octanol–water partition coefficient (Wildman–Crippen LogP) is 2.01. The van der Waals surface area contributed by atoms with Gasteiger partial charge in [0.25, 0.3) is 5.69 Å². The van der Waals surface area contributed by atoms with Crippen LogP contribution < -0.4 is 4.90 Å². The van der Waals surface area contributed by atoms with Crippen LogP contribution >= 0.6 is 0 Å². The third-order valence-corrected chi connectivity index (χ3v) is 4.62. The van der Waals surface area contributed by atoms with Gasteiger partial charge in [0.05, 0.1) is 11.5 Å². The minimum Gasteiger partial charge on any atom is -0.392 e. The lowest BCUT2D eigenvalue weighted by atomic mass is 9.75. The van der Waals surface area contributed by atoms with E-state index in [1.807, 2.05) is 7.05 Å². The van der Waals surface area contributed by atoms with E-state index in [0.29, 0.717) is 5.56 Å². The van der Waals surface area contributed by atoms with Gasteiger partial charge in [-0.1, -0.05) is 0 Å². The van der Waals surface area contributed by atoms with Crippen LogP contribution in [-0.2, 0) is 6.61 Å². The molecule has 1 aromatic carbocycles. The van der Waals surface area contributed by atoms with Crippen molar-refractivity contribution in [2.75, 3.05) is 32.6 Å². The van der Waals surface area contributed by atoms with E-state index in [4.69, 9.17) is 0 Å². The van der Waals surface area contributed by atoms with Gasteiger partial charge in [0.1, 0.15) is 0 Å². The van der Waals surface area contributed by atoms with Crippen LogP contribution in [0, 0.1) is 10.1 Å². The van der Waals surface area contributed by atoms with Crippen molar-refractivity contribution >= 4 is 11.4 Å². The zero-order valence-electron chi connectivity index (χ0n) is 12.9. The third-order valence-electron chi connectivity index (χ3n) is 4.62. The molecular weight excluding hydrogens is 270 g/mol. The molecule has 0 aromatic heterocycles. The molecule has 21 heavy (non-hydrogen) atoms. The molecule has 6 nitrogen and oxygen atoms in total. The lowest BCUT2D eigenvalue weighted by Gasteiger charge is -2.49. The SMILES string of the molecule is CN(CC1(N(C)C)CCC1)c1ccc([N+](=O)[O-])cc1CO. The van der Waals surface area contributed by atoms with E-state index >= 15 is 0 Å². The Labute approximate surface area is 125 Å². The lowest BCUT2D eigenvalue weighted by molar-refractivity contribution is -0.384. The van der Waals surface area contributed by atoms with E-state index in [0.717, 1.165) is 25.1 Å². The number of hydrogen-bond acceptors (Lipinski definition) is 5. The number of aliphatic hydroxyl groups is 1. The lowest BCUT2D eigenvalue weighted by Crippen LogP contribution is -2.56. The molecule has 1 aromatic rings. The number of nitro benzene ring substituents is 1. The Kier molecular flexibility index (Phi) is 4.49. The fourth-order valence-corrected chi connectivity index (χ4v) is 3.04. The highest BCUT2D eigenvalue weighted by Gasteiger charge is 2.40. The van der Waals surface area contributed by atoms with E-state index in [-0.39, 0.29) is 17.8 Å². The smallest absolute Gasteiger partial charge is 0.269 e. The first-order chi connectivity index (χ1) is 9.89. The monoisotopic (exact) mass is 293 g/mol. The van der Waals surface area contributed by atoms with E-state index in [1.54, 1.807) is 6.07 Å². The van der Waals surface area contributed by atoms with Crippen LogP contribution in [0.3, 0.4) is 0 Å². The quantitative estimate of drug-likeness (QED) is 0.642. The molecule has 1 saturated carbocycles. The first-order valence-electron chi connectivity index (χ1n) is 7.16. The van der Waals surface area contributed by atoms with Gasteiger partial charge in [-0.3, -0.25) is 10.1 Å². The van der Waals surface area contributed by atoms with Crippen LogP contribution in [0.15, 0.2) is 18.2 Å². The molecule has 0 aliphatic heterocycles. The van der Waals surface area contributed by atoms with Crippen molar-refractivity contribution in [2.24, 2.45) is 0 Å². The Morgan fingerprint density at radius 3 is 2.43 bits per heavy atom. The molecule has 116 valence electrons. The number of hydrogen-bond donors (Lipinski definition) is 1. The number of non-ortho nitro benzene ring substituents is 1. The molecule has 0 unspecified atom stereocenters. The van der Waals surface area contributed by atoms with Crippen molar-refractivity contribution in [2.45, 2.75) is 31.4 Å². The molecule has 6 heteroatoms. The number of nitro groups is 1. The van der Waals surface area contributed by atoms with E-state index in [2.05, 4.69) is 23.9 Å². The van der Waals surface area contributed by atoms with Crippen molar-refractivity contribution in [3.05, 3.63) is 33.9 Å². The highest BCUT2D eigenvalue weighted by atomic mass is 16.6. The molecule has 0 spiro atoms. The van der Waals surface area contributed by atoms with Gasteiger partial charge in [-0.25, -0.2) is 0 Å². The number of anilines is 1. The van der Waals surface area contributed by atoms with E-state index in [1.165, 1.54) is 18.6 Å². The molecule has 2 rings (SSSR count). The van der Waals surface area contributed by atoms with Gasteiger partial charge in [0, 0.05) is 42.5 Å². The summed E-state index contributed by atoms with van der Waals surface area (Å²) in [5, 5.41) is 20.3. The Morgan fingerprint density at radius 2 is 2.00 bits per heavy atom. The minimum absolute atomic E-state index is 0.0159.